The van der Waals surface area contributed by atoms with Gasteiger partial charge in [-0.05, 0) is 123 Å². The van der Waals surface area contributed by atoms with Crippen LogP contribution in [-0.2, 0) is 92.8 Å². The van der Waals surface area contributed by atoms with Crippen LogP contribution in [0.4, 0.5) is 0 Å². The molecule has 618 valence electrons. The molecule has 1 aliphatic rings. The van der Waals surface area contributed by atoms with Crippen LogP contribution in [0.5, 0.6) is 11.5 Å². The van der Waals surface area contributed by atoms with Crippen LogP contribution in [0.3, 0.4) is 0 Å². The van der Waals surface area contributed by atoms with Crippen LogP contribution in [0, 0.1) is 11.3 Å². The number of carboxylic acid groups (broad SMARTS) is 1. The summed E-state index contributed by atoms with van der Waals surface area (Å²) in [4.78, 5) is 203. The third-order valence-electron chi connectivity index (χ3n) is 18.1. The number of aromatic hydroxyl groups is 2. The van der Waals surface area contributed by atoms with Crippen molar-refractivity contribution in [2.24, 2.45) is 28.9 Å². The molecule has 1 aromatic heterocycles. The van der Waals surface area contributed by atoms with E-state index in [1.54, 1.807) is 50.4 Å². The number of imidazole rings is 1. The Morgan fingerprint density at radius 3 is 1.53 bits per heavy atom. The first-order chi connectivity index (χ1) is 53.8. The maximum atomic E-state index is 15.1. The van der Waals surface area contributed by atoms with Gasteiger partial charge in [0.2, 0.25) is 76.8 Å². The fraction of sp³-hybridized carbons (Fsp3) is 0.507. The molecule has 13 amide bonds. The van der Waals surface area contributed by atoms with Crippen molar-refractivity contribution in [1.82, 2.24) is 78.7 Å². The number of hydrogen-bond donors (Lipinski definition) is 23. The van der Waals surface area contributed by atoms with Crippen LogP contribution in [0.1, 0.15) is 100 Å². The number of likely N-dealkylation sites (tertiary alicyclic amines) is 1. The molecule has 5 rings (SSSR count). The molecule has 3 aromatic carbocycles. The number of carboxylic acids is 1. The summed E-state index contributed by atoms with van der Waals surface area (Å²) in [6.07, 6.45) is 2.99. The number of primary amides is 1. The number of aliphatic carboxylic acids is 1. The van der Waals surface area contributed by atoms with E-state index in [0.717, 1.165) is 0 Å². The number of thioether (sulfide) groups is 1. The average Bonchev–Trinajstić information content (AvgIpc) is 1.77. The first-order valence-electron chi connectivity index (χ1n) is 36.8. The third kappa shape index (κ3) is 31.7. The summed E-state index contributed by atoms with van der Waals surface area (Å²) in [7, 11) is 0. The summed E-state index contributed by atoms with van der Waals surface area (Å²) < 4.78 is 0. The predicted molar refractivity (Wildman–Crippen MR) is 411 cm³/mol. The molecule has 0 spiro atoms. The van der Waals surface area contributed by atoms with Crippen molar-refractivity contribution in [3.63, 3.8) is 0 Å². The number of aliphatic hydroxyl groups excluding tert-OH is 2. The Labute approximate surface area is 656 Å². The lowest BCUT2D eigenvalue weighted by Crippen LogP contribution is -2.61. The Hall–Kier alpha value is -11.5. The maximum Gasteiger partial charge on any atom is 0.303 e. The monoisotopic (exact) mass is 1600 g/mol. The third-order valence-corrected chi connectivity index (χ3v) is 18.8. The number of phenolic OH excluding ortho intramolecular Hbond substituents is 2. The van der Waals surface area contributed by atoms with Crippen molar-refractivity contribution in [3.05, 3.63) is 114 Å². The molecule has 0 radical (unpaired) electrons. The maximum absolute atomic E-state index is 15.1. The molecule has 2 heterocycles. The summed E-state index contributed by atoms with van der Waals surface area (Å²) in [5.41, 5.74) is 24.1. The highest BCUT2D eigenvalue weighted by atomic mass is 32.2. The van der Waals surface area contributed by atoms with Crippen LogP contribution >= 0.6 is 11.8 Å². The Bertz CT molecular complexity index is 3850. The number of phenols is 2. The van der Waals surface area contributed by atoms with Gasteiger partial charge in [0.15, 0.2) is 5.96 Å². The van der Waals surface area contributed by atoms with E-state index in [2.05, 4.69) is 73.8 Å². The van der Waals surface area contributed by atoms with E-state index in [9.17, 15) is 87.9 Å². The standard InChI is InChI=1S/C73H106N20O19S/c1-40(2)60(61(76)101)92-71(111)57-15-10-29-93(57)72(112)51(13-7-8-27-74)83-58(98)36-81-63(103)52(32-42-16-20-45(96)21-17-42)88-64(104)48(14-9-28-80-73(77)78)84-67(107)54(31-41-11-5-4-6-12-41)89-69(109)55(34-44-35-79-39-82-44)90-65(105)49(24-25-59(99)100)85-66(106)50(26-30-113-3)86-70(110)56(38-95)91-68(108)53(87-62(102)47(75)37-94)33-43-18-22-46(97)23-19-43/h4-6,11-12,16-23,35,39-40,47-57,60,94-97H,7-10,13-15,24-34,36-38,74-75H2,1-3H3,(H2,76,101)(H,79,82)(H,81,103)(H,83,98)(H,84,107)(H,85,106)(H,86,110)(H,87,102)(H,88,104)(H,89,109)(H,90,105)(H,91,108)(H,92,111)(H,99,100)(H4,77,78,80)/t47-,48-,49-,50-,51-,52-,53-,54-,55-,56-,57-,60-/m0/s1. The SMILES string of the molecule is CSCC[C@H](NC(=O)[C@H](CO)NC(=O)[C@H](Cc1ccc(O)cc1)NC(=O)[C@@H](N)CO)C(=O)N[C@@H](CCC(=O)O)C(=O)N[C@@H](Cc1c[nH]cn1)C(=O)N[C@@H](Cc1ccccc1)C(=O)N[C@@H](CCCNC(=N)N)C(=O)N[C@@H](Cc1ccc(O)cc1)C(=O)NCC(=O)N[C@@H](CCCCN)C(=O)N1CCC[C@H]1C(=O)N[C@H](C(N)=O)C(C)C. The molecule has 0 aliphatic carbocycles. The minimum absolute atomic E-state index is 0.0154. The van der Waals surface area contributed by atoms with E-state index in [4.69, 9.17) is 28.3 Å². The number of rotatable bonds is 49. The molecule has 0 bridgehead atoms. The smallest absolute Gasteiger partial charge is 0.303 e. The van der Waals surface area contributed by atoms with Crippen LogP contribution in [0.25, 0.3) is 0 Å². The fourth-order valence-corrected chi connectivity index (χ4v) is 12.4. The summed E-state index contributed by atoms with van der Waals surface area (Å²) in [5, 5.41) is 88.1. The summed E-state index contributed by atoms with van der Waals surface area (Å²) >= 11 is 1.23. The van der Waals surface area contributed by atoms with Gasteiger partial charge >= 0.3 is 5.97 Å². The van der Waals surface area contributed by atoms with Gasteiger partial charge in [-0.15, -0.1) is 0 Å². The quantitative estimate of drug-likeness (QED) is 0.0111. The van der Waals surface area contributed by atoms with Gasteiger partial charge in [0.05, 0.1) is 31.8 Å². The number of amides is 13. The first kappa shape index (κ1) is 92.1. The number of guanidine groups is 1. The van der Waals surface area contributed by atoms with Crippen molar-refractivity contribution in [1.29, 1.82) is 5.41 Å². The van der Waals surface area contributed by atoms with Crippen molar-refractivity contribution in [3.8, 4) is 11.5 Å². The first-order valence-corrected chi connectivity index (χ1v) is 38.2. The second-order valence-electron chi connectivity index (χ2n) is 27.3. The van der Waals surface area contributed by atoms with E-state index >= 15 is 4.79 Å². The minimum Gasteiger partial charge on any atom is -0.508 e. The van der Waals surface area contributed by atoms with Gasteiger partial charge in [-0.3, -0.25) is 72.5 Å². The number of aromatic amines is 1. The number of nitrogens with two attached hydrogens (primary N) is 4. The van der Waals surface area contributed by atoms with E-state index in [0.29, 0.717) is 36.0 Å². The average molecular weight is 1600 g/mol. The molecule has 0 unspecified atom stereocenters. The highest BCUT2D eigenvalue weighted by molar-refractivity contribution is 7.98. The van der Waals surface area contributed by atoms with E-state index in [-0.39, 0.29) is 99.9 Å². The number of hydrogen-bond acceptors (Lipinski definition) is 23. The lowest BCUT2D eigenvalue weighted by molar-refractivity contribution is -0.142. The number of H-pyrrole nitrogens is 1. The zero-order chi connectivity index (χ0) is 83.3. The highest BCUT2D eigenvalue weighted by Gasteiger charge is 2.41. The lowest BCUT2D eigenvalue weighted by atomic mass is 10.0. The zero-order valence-electron chi connectivity index (χ0n) is 63.1. The number of carbonyl (C=O) groups is 14. The van der Waals surface area contributed by atoms with Crippen molar-refractivity contribution in [2.75, 3.05) is 51.4 Å². The van der Waals surface area contributed by atoms with Crippen LogP contribution in [0.15, 0.2) is 91.4 Å². The second kappa shape index (κ2) is 47.7. The van der Waals surface area contributed by atoms with Gasteiger partial charge in [0.1, 0.15) is 84.0 Å². The molecule has 27 N–H and O–H groups in total. The fourth-order valence-electron chi connectivity index (χ4n) is 11.9. The normalized spacial score (nSPS) is 15.4. The zero-order valence-corrected chi connectivity index (χ0v) is 63.9. The molecule has 39 nitrogen and oxygen atoms in total. The van der Waals surface area contributed by atoms with Gasteiger partial charge in [0.25, 0.3) is 0 Å². The van der Waals surface area contributed by atoms with Gasteiger partial charge in [-0.1, -0.05) is 68.4 Å². The Balaban J connectivity index is 1.41. The van der Waals surface area contributed by atoms with Crippen molar-refractivity contribution in [2.45, 2.75) is 176 Å². The predicted octanol–water partition coefficient (Wildman–Crippen LogP) is -5.49. The van der Waals surface area contributed by atoms with Crippen molar-refractivity contribution < 1.29 is 92.7 Å². The number of aliphatic hydroxyl groups is 2. The Kier molecular flexibility index (Phi) is 38.9. The number of nitrogens with zero attached hydrogens (tertiary/aromatic N) is 2. The number of nitrogens with one attached hydrogen (secondary N) is 14. The number of carbonyl (C=O) groups excluding carboxylic acids is 13. The molecule has 1 aliphatic heterocycles. The number of aromatic nitrogens is 2. The molecule has 1 fully saturated rings. The highest BCUT2D eigenvalue weighted by Crippen LogP contribution is 2.22. The van der Waals surface area contributed by atoms with E-state index < -0.39 is 200 Å². The summed E-state index contributed by atoms with van der Waals surface area (Å²) in [5.74, 6) is -14.4. The van der Waals surface area contributed by atoms with Gasteiger partial charge in [-0.25, -0.2) is 4.98 Å². The summed E-state index contributed by atoms with van der Waals surface area (Å²) in [6.45, 7) is 1.16. The molecular formula is C73H106N20O19S. The Morgan fingerprint density at radius 1 is 0.566 bits per heavy atom. The van der Waals surface area contributed by atoms with Gasteiger partial charge < -0.3 is 122 Å². The molecule has 12 atom stereocenters. The van der Waals surface area contributed by atoms with E-state index in [1.165, 1.54) is 77.7 Å². The molecule has 4 aromatic rings. The van der Waals surface area contributed by atoms with Crippen molar-refractivity contribution >= 4 is 100 Å². The molecular weight excluding hydrogens is 1490 g/mol. The topological polar surface area (TPSA) is 644 Å². The van der Waals surface area contributed by atoms with Gasteiger partial charge in [-0.2, -0.15) is 11.8 Å². The van der Waals surface area contributed by atoms with E-state index in [1.807, 2.05) is 0 Å². The number of unbranched alkanes of at least 4 members (excludes halogenated alkanes) is 1. The van der Waals surface area contributed by atoms with Gasteiger partial charge in [0, 0.05) is 51.4 Å². The minimum atomic E-state index is -1.80. The van der Waals surface area contributed by atoms with Crippen LogP contribution in [0.2, 0.25) is 0 Å². The second-order valence-corrected chi connectivity index (χ2v) is 28.3. The number of benzene rings is 3. The summed E-state index contributed by atoms with van der Waals surface area (Å²) in [6, 6.07) is 1.57. The molecule has 1 saturated heterocycles. The van der Waals surface area contributed by atoms with Crippen LogP contribution in [-0.4, -0.2) is 253 Å². The molecule has 0 saturated carbocycles. The van der Waals surface area contributed by atoms with Crippen LogP contribution < -0.4 is 86.7 Å². The Morgan fingerprint density at radius 2 is 1.04 bits per heavy atom. The molecule has 40 heteroatoms. The molecule has 113 heavy (non-hydrogen) atoms. The lowest BCUT2D eigenvalue weighted by Gasteiger charge is -2.30. The largest absolute Gasteiger partial charge is 0.508 e.